The van der Waals surface area contributed by atoms with Gasteiger partial charge in [-0.2, -0.15) is 8.42 Å². The molecule has 1 aromatic rings. The predicted molar refractivity (Wildman–Crippen MR) is 76.6 cm³/mol. The third kappa shape index (κ3) is 3.17. The van der Waals surface area contributed by atoms with E-state index in [0.29, 0.717) is 19.6 Å². The van der Waals surface area contributed by atoms with Crippen LogP contribution in [0.15, 0.2) is 29.2 Å². The van der Waals surface area contributed by atoms with E-state index in [-0.39, 0.29) is 17.7 Å². The van der Waals surface area contributed by atoms with Crippen molar-refractivity contribution in [2.45, 2.75) is 49.1 Å². The van der Waals surface area contributed by atoms with Crippen molar-refractivity contribution in [3.63, 3.8) is 0 Å². The van der Waals surface area contributed by atoms with Gasteiger partial charge in [0.1, 0.15) is 12.3 Å². The van der Waals surface area contributed by atoms with Gasteiger partial charge >= 0.3 is 0 Å². The standard InChI is InChI=1S/C15H19FO5S/c1-11-2-4-12(5-3-11)22(17,18)21-14-6-7-15(10-13(14)16)19-8-9-20-15/h2-5,13-14H,6-10H2,1H3. The van der Waals surface area contributed by atoms with Crippen molar-refractivity contribution < 1.29 is 26.5 Å². The van der Waals surface area contributed by atoms with Crippen LogP contribution >= 0.6 is 0 Å². The number of rotatable bonds is 3. The van der Waals surface area contributed by atoms with Gasteiger partial charge < -0.3 is 9.47 Å². The first-order valence-electron chi connectivity index (χ1n) is 7.32. The van der Waals surface area contributed by atoms with Crippen molar-refractivity contribution in [2.24, 2.45) is 0 Å². The third-order valence-electron chi connectivity index (χ3n) is 4.09. The fourth-order valence-electron chi connectivity index (χ4n) is 2.86. The lowest BCUT2D eigenvalue weighted by Crippen LogP contribution is -2.45. The van der Waals surface area contributed by atoms with Gasteiger partial charge in [-0.3, -0.25) is 4.18 Å². The zero-order chi connectivity index (χ0) is 15.8. The number of aryl methyl sites for hydroxylation is 1. The van der Waals surface area contributed by atoms with Gasteiger partial charge in [-0.15, -0.1) is 0 Å². The quantitative estimate of drug-likeness (QED) is 0.796. The average Bonchev–Trinajstić information content (AvgIpc) is 2.91. The first kappa shape index (κ1) is 15.9. The largest absolute Gasteiger partial charge is 0.347 e. The van der Waals surface area contributed by atoms with Crippen LogP contribution in [-0.2, 0) is 23.8 Å². The van der Waals surface area contributed by atoms with Crippen LogP contribution in [0.25, 0.3) is 0 Å². The summed E-state index contributed by atoms with van der Waals surface area (Å²) in [4.78, 5) is 0.0407. The van der Waals surface area contributed by atoms with E-state index in [1.165, 1.54) is 12.1 Å². The van der Waals surface area contributed by atoms with Gasteiger partial charge in [-0.1, -0.05) is 17.7 Å². The highest BCUT2D eigenvalue weighted by Gasteiger charge is 2.47. The van der Waals surface area contributed by atoms with Crippen molar-refractivity contribution in [1.82, 2.24) is 0 Å². The van der Waals surface area contributed by atoms with Crippen LogP contribution in [-0.4, -0.2) is 39.7 Å². The molecule has 0 aromatic heterocycles. The lowest BCUT2D eigenvalue weighted by Gasteiger charge is -2.36. The molecule has 122 valence electrons. The minimum absolute atomic E-state index is 0.00108. The normalized spacial score (nSPS) is 28.1. The van der Waals surface area contributed by atoms with Crippen LogP contribution in [0.5, 0.6) is 0 Å². The Hall–Kier alpha value is -1.02. The molecule has 0 radical (unpaired) electrons. The molecule has 0 amide bonds. The van der Waals surface area contributed by atoms with Crippen molar-refractivity contribution >= 4 is 10.1 Å². The van der Waals surface area contributed by atoms with Crippen molar-refractivity contribution in [1.29, 1.82) is 0 Å². The van der Waals surface area contributed by atoms with E-state index in [9.17, 15) is 12.8 Å². The summed E-state index contributed by atoms with van der Waals surface area (Å²) >= 11 is 0. The molecule has 1 aliphatic heterocycles. The number of halogens is 1. The number of alkyl halides is 1. The van der Waals surface area contributed by atoms with E-state index in [1.807, 2.05) is 6.92 Å². The van der Waals surface area contributed by atoms with Crippen LogP contribution in [0.3, 0.4) is 0 Å². The summed E-state index contributed by atoms with van der Waals surface area (Å²) in [5, 5.41) is 0. The van der Waals surface area contributed by atoms with E-state index in [4.69, 9.17) is 13.7 Å². The molecule has 1 spiro atoms. The van der Waals surface area contributed by atoms with Gasteiger partial charge in [0.15, 0.2) is 5.79 Å². The second-order valence-corrected chi connectivity index (χ2v) is 7.34. The van der Waals surface area contributed by atoms with Crippen LogP contribution in [0.1, 0.15) is 24.8 Å². The predicted octanol–water partition coefficient (Wildman–Crippen LogP) is 2.33. The van der Waals surface area contributed by atoms with Gasteiger partial charge in [-0.25, -0.2) is 4.39 Å². The van der Waals surface area contributed by atoms with E-state index >= 15 is 0 Å². The molecule has 1 heterocycles. The maximum absolute atomic E-state index is 14.3. The molecule has 0 N–H and O–H groups in total. The molecule has 2 fully saturated rings. The molecule has 1 saturated carbocycles. The SMILES string of the molecule is Cc1ccc(S(=O)(=O)OC2CCC3(CC2F)OCCO3)cc1. The Bertz CT molecular complexity index is 622. The Kier molecular flexibility index (Phi) is 4.24. The highest BCUT2D eigenvalue weighted by Crippen LogP contribution is 2.39. The molecule has 2 unspecified atom stereocenters. The topological polar surface area (TPSA) is 61.8 Å². The second kappa shape index (κ2) is 5.88. The van der Waals surface area contributed by atoms with Gasteiger partial charge in [0, 0.05) is 12.8 Å². The summed E-state index contributed by atoms with van der Waals surface area (Å²) in [7, 11) is -3.97. The molecule has 22 heavy (non-hydrogen) atoms. The molecular weight excluding hydrogens is 311 g/mol. The molecule has 5 nitrogen and oxygen atoms in total. The fourth-order valence-corrected chi connectivity index (χ4v) is 3.99. The van der Waals surface area contributed by atoms with Crippen LogP contribution in [0, 0.1) is 6.92 Å². The Morgan fingerprint density at radius 3 is 2.45 bits per heavy atom. The zero-order valence-electron chi connectivity index (χ0n) is 12.3. The lowest BCUT2D eigenvalue weighted by molar-refractivity contribution is -0.201. The minimum atomic E-state index is -3.97. The molecule has 2 atom stereocenters. The Balaban J connectivity index is 1.69. The first-order chi connectivity index (χ1) is 10.4. The molecule has 7 heteroatoms. The Labute approximate surface area is 129 Å². The highest BCUT2D eigenvalue weighted by molar-refractivity contribution is 7.86. The summed E-state index contributed by atoms with van der Waals surface area (Å²) in [6.45, 7) is 2.75. The highest BCUT2D eigenvalue weighted by atomic mass is 32.2. The Morgan fingerprint density at radius 2 is 1.86 bits per heavy atom. The van der Waals surface area contributed by atoms with E-state index < -0.39 is 28.2 Å². The monoisotopic (exact) mass is 330 g/mol. The molecular formula is C15H19FO5S. The second-order valence-electron chi connectivity index (χ2n) is 5.77. The van der Waals surface area contributed by atoms with Crippen molar-refractivity contribution in [2.75, 3.05) is 13.2 Å². The molecule has 1 saturated heterocycles. The molecule has 0 bridgehead atoms. The molecule has 2 aliphatic rings. The molecule has 1 aromatic carbocycles. The average molecular weight is 330 g/mol. The number of hydrogen-bond donors (Lipinski definition) is 0. The minimum Gasteiger partial charge on any atom is -0.347 e. The first-order valence-corrected chi connectivity index (χ1v) is 8.73. The fraction of sp³-hybridized carbons (Fsp3) is 0.600. The number of hydrogen-bond acceptors (Lipinski definition) is 5. The summed E-state index contributed by atoms with van der Waals surface area (Å²) in [6.07, 6.45) is -1.76. The van der Waals surface area contributed by atoms with Gasteiger partial charge in [0.2, 0.25) is 0 Å². The van der Waals surface area contributed by atoms with Gasteiger partial charge in [0.05, 0.1) is 18.1 Å². The van der Waals surface area contributed by atoms with E-state index in [0.717, 1.165) is 5.56 Å². The summed E-state index contributed by atoms with van der Waals surface area (Å²) in [5.74, 6) is -0.896. The third-order valence-corrected chi connectivity index (χ3v) is 5.44. The van der Waals surface area contributed by atoms with E-state index in [2.05, 4.69) is 0 Å². The molecule has 3 rings (SSSR count). The summed E-state index contributed by atoms with van der Waals surface area (Å²) < 4.78 is 54.8. The van der Waals surface area contributed by atoms with Crippen molar-refractivity contribution in [3.8, 4) is 0 Å². The van der Waals surface area contributed by atoms with Crippen LogP contribution in [0.4, 0.5) is 4.39 Å². The van der Waals surface area contributed by atoms with Gasteiger partial charge in [-0.05, 0) is 25.5 Å². The maximum Gasteiger partial charge on any atom is 0.297 e. The van der Waals surface area contributed by atoms with Gasteiger partial charge in [0.25, 0.3) is 10.1 Å². The van der Waals surface area contributed by atoms with Crippen LogP contribution < -0.4 is 0 Å². The summed E-state index contributed by atoms with van der Waals surface area (Å²) in [5.41, 5.74) is 0.942. The number of ether oxygens (including phenoxy) is 2. The van der Waals surface area contributed by atoms with E-state index in [1.54, 1.807) is 12.1 Å². The number of benzene rings is 1. The van der Waals surface area contributed by atoms with Crippen molar-refractivity contribution in [3.05, 3.63) is 29.8 Å². The summed E-state index contributed by atoms with van der Waals surface area (Å²) in [6, 6.07) is 6.29. The lowest BCUT2D eigenvalue weighted by atomic mass is 9.90. The zero-order valence-corrected chi connectivity index (χ0v) is 13.1. The maximum atomic E-state index is 14.3. The van der Waals surface area contributed by atoms with Crippen LogP contribution in [0.2, 0.25) is 0 Å². The molecule has 1 aliphatic carbocycles. The Morgan fingerprint density at radius 1 is 1.23 bits per heavy atom. The smallest absolute Gasteiger partial charge is 0.297 e.